The highest BCUT2D eigenvalue weighted by molar-refractivity contribution is 6.36. The molecule has 0 saturated carbocycles. The number of benzene rings is 1. The van der Waals surface area contributed by atoms with Crippen LogP contribution in [-0.4, -0.2) is 10.9 Å². The lowest BCUT2D eigenvalue weighted by Crippen LogP contribution is -2.13. The van der Waals surface area contributed by atoms with Gasteiger partial charge in [-0.15, -0.1) is 11.6 Å². The molecule has 0 saturated heterocycles. The van der Waals surface area contributed by atoms with Gasteiger partial charge in [-0.05, 0) is 11.6 Å². The third-order valence-electron chi connectivity index (χ3n) is 2.48. The second-order valence-corrected chi connectivity index (χ2v) is 4.90. The van der Waals surface area contributed by atoms with E-state index in [1.165, 1.54) is 0 Å². The van der Waals surface area contributed by atoms with Crippen molar-refractivity contribution in [2.75, 3.05) is 11.2 Å². The Balaban J connectivity index is 2.21. The van der Waals surface area contributed by atoms with Crippen molar-refractivity contribution in [2.24, 2.45) is 0 Å². The maximum Gasteiger partial charge on any atom is 0.145 e. The normalized spacial score (nSPS) is 12.2. The van der Waals surface area contributed by atoms with Crippen molar-refractivity contribution < 1.29 is 0 Å². The summed E-state index contributed by atoms with van der Waals surface area (Å²) in [4.78, 5) is 4.16. The smallest absolute Gasteiger partial charge is 0.145 e. The van der Waals surface area contributed by atoms with E-state index in [9.17, 15) is 0 Å². The number of nitrogens with one attached hydrogen (secondary N) is 1. The number of rotatable bonds is 4. The first-order valence-corrected chi connectivity index (χ1v) is 6.68. The second kappa shape index (κ2) is 6.28. The summed E-state index contributed by atoms with van der Waals surface area (Å²) < 4.78 is 0. The maximum atomic E-state index is 6.07. The van der Waals surface area contributed by atoms with Gasteiger partial charge in [0.25, 0.3) is 0 Å². The Morgan fingerprint density at radius 1 is 1.17 bits per heavy atom. The highest BCUT2D eigenvalue weighted by atomic mass is 35.5. The summed E-state index contributed by atoms with van der Waals surface area (Å²) in [6.07, 6.45) is 1.55. The van der Waals surface area contributed by atoms with Crippen LogP contribution in [-0.2, 0) is 0 Å². The Kier molecular flexibility index (Phi) is 4.70. The quantitative estimate of drug-likeness (QED) is 0.822. The molecule has 1 aromatic carbocycles. The van der Waals surface area contributed by atoms with Crippen molar-refractivity contribution in [3.8, 4) is 0 Å². The summed E-state index contributed by atoms with van der Waals surface area (Å²) >= 11 is 17.8. The fourth-order valence-electron chi connectivity index (χ4n) is 1.58. The summed E-state index contributed by atoms with van der Waals surface area (Å²) in [5.41, 5.74) is 1.08. The van der Waals surface area contributed by atoms with E-state index < -0.39 is 0 Å². The van der Waals surface area contributed by atoms with Crippen molar-refractivity contribution in [2.45, 2.75) is 6.04 Å². The number of pyridine rings is 1. The molecule has 0 amide bonds. The number of anilines is 1. The molecule has 1 N–H and O–H groups in total. The topological polar surface area (TPSA) is 24.9 Å². The summed E-state index contributed by atoms with van der Waals surface area (Å²) in [6.45, 7) is 0. The fraction of sp³-hybridized carbons (Fsp3) is 0.154. The van der Waals surface area contributed by atoms with Crippen LogP contribution >= 0.6 is 34.8 Å². The summed E-state index contributed by atoms with van der Waals surface area (Å²) in [6, 6.07) is 11.5. The molecule has 0 bridgehead atoms. The first-order chi connectivity index (χ1) is 8.70. The third-order valence-corrected chi connectivity index (χ3v) is 3.28. The number of alkyl halides is 1. The lowest BCUT2D eigenvalue weighted by molar-refractivity contribution is 0.883. The van der Waals surface area contributed by atoms with Crippen molar-refractivity contribution >= 4 is 40.6 Å². The number of hydrogen-bond donors (Lipinski definition) is 1. The molecule has 5 heteroatoms. The summed E-state index contributed by atoms with van der Waals surface area (Å²) in [5, 5.41) is 4.19. The fourth-order valence-corrected chi connectivity index (χ4v) is 2.27. The molecule has 2 nitrogen and oxygen atoms in total. The Hall–Kier alpha value is -0.960. The Labute approximate surface area is 121 Å². The van der Waals surface area contributed by atoms with Crippen LogP contribution in [0.1, 0.15) is 11.6 Å². The SMILES string of the molecule is ClCC(Nc1ncc(Cl)cc1Cl)c1ccccc1. The molecular weight excluding hydrogens is 291 g/mol. The van der Waals surface area contributed by atoms with E-state index in [-0.39, 0.29) is 6.04 Å². The Morgan fingerprint density at radius 3 is 2.50 bits per heavy atom. The Morgan fingerprint density at radius 2 is 1.89 bits per heavy atom. The van der Waals surface area contributed by atoms with E-state index in [0.717, 1.165) is 5.56 Å². The molecule has 2 aromatic rings. The molecule has 0 aliphatic carbocycles. The molecule has 94 valence electrons. The molecule has 0 fully saturated rings. The molecule has 1 atom stereocenters. The summed E-state index contributed by atoms with van der Waals surface area (Å²) in [7, 11) is 0. The molecule has 1 aromatic heterocycles. The van der Waals surface area contributed by atoms with Crippen LogP contribution in [0.2, 0.25) is 10.0 Å². The number of aromatic nitrogens is 1. The predicted octanol–water partition coefficient (Wildman–Crippen LogP) is 4.78. The van der Waals surface area contributed by atoms with Crippen molar-refractivity contribution in [1.82, 2.24) is 4.98 Å². The maximum absolute atomic E-state index is 6.07. The predicted molar refractivity (Wildman–Crippen MR) is 77.8 cm³/mol. The van der Waals surface area contributed by atoms with Gasteiger partial charge in [0.15, 0.2) is 0 Å². The largest absolute Gasteiger partial charge is 0.361 e. The number of halogens is 3. The highest BCUT2D eigenvalue weighted by Crippen LogP contribution is 2.27. The standard InChI is InChI=1S/C13H11Cl3N2/c14-7-12(9-4-2-1-3-5-9)18-13-11(16)6-10(15)8-17-13/h1-6,8,12H,7H2,(H,17,18). The van der Waals surface area contributed by atoms with Crippen LogP contribution in [0, 0.1) is 0 Å². The third kappa shape index (κ3) is 3.29. The molecule has 0 aliphatic rings. The molecule has 1 unspecified atom stereocenters. The number of nitrogens with zero attached hydrogens (tertiary/aromatic N) is 1. The molecule has 0 radical (unpaired) electrons. The van der Waals surface area contributed by atoms with Gasteiger partial charge < -0.3 is 5.32 Å². The van der Waals surface area contributed by atoms with Crippen LogP contribution < -0.4 is 5.32 Å². The van der Waals surface area contributed by atoms with Gasteiger partial charge in [-0.25, -0.2) is 4.98 Å². The van der Waals surface area contributed by atoms with E-state index in [1.54, 1.807) is 12.3 Å². The van der Waals surface area contributed by atoms with Gasteiger partial charge in [-0.1, -0.05) is 53.5 Å². The first kappa shape index (κ1) is 13.5. The monoisotopic (exact) mass is 300 g/mol. The van der Waals surface area contributed by atoms with Crippen molar-refractivity contribution in [3.63, 3.8) is 0 Å². The molecule has 2 rings (SSSR count). The molecule has 1 heterocycles. The van der Waals surface area contributed by atoms with E-state index in [4.69, 9.17) is 34.8 Å². The molecule has 0 spiro atoms. The van der Waals surface area contributed by atoms with E-state index in [1.807, 2.05) is 30.3 Å². The zero-order valence-electron chi connectivity index (χ0n) is 9.41. The Bertz CT molecular complexity index is 517. The molecular formula is C13H11Cl3N2. The second-order valence-electron chi connectivity index (χ2n) is 3.75. The number of hydrogen-bond acceptors (Lipinski definition) is 2. The first-order valence-electron chi connectivity index (χ1n) is 5.39. The van der Waals surface area contributed by atoms with E-state index >= 15 is 0 Å². The summed E-state index contributed by atoms with van der Waals surface area (Å²) in [5.74, 6) is 1.00. The van der Waals surface area contributed by atoms with Gasteiger partial charge in [-0.2, -0.15) is 0 Å². The van der Waals surface area contributed by atoms with Gasteiger partial charge in [0.2, 0.25) is 0 Å². The van der Waals surface area contributed by atoms with Gasteiger partial charge >= 0.3 is 0 Å². The lowest BCUT2D eigenvalue weighted by Gasteiger charge is -2.17. The minimum atomic E-state index is -0.0426. The van der Waals surface area contributed by atoms with Crippen LogP contribution in [0.25, 0.3) is 0 Å². The van der Waals surface area contributed by atoms with Gasteiger partial charge in [0.05, 0.1) is 16.1 Å². The van der Waals surface area contributed by atoms with Gasteiger partial charge in [-0.3, -0.25) is 0 Å². The van der Waals surface area contributed by atoms with Crippen molar-refractivity contribution in [3.05, 3.63) is 58.2 Å². The average molecular weight is 302 g/mol. The lowest BCUT2D eigenvalue weighted by atomic mass is 10.1. The minimum Gasteiger partial charge on any atom is -0.361 e. The van der Waals surface area contributed by atoms with Gasteiger partial charge in [0.1, 0.15) is 5.82 Å². The zero-order chi connectivity index (χ0) is 13.0. The van der Waals surface area contributed by atoms with Crippen LogP contribution in [0.15, 0.2) is 42.6 Å². The van der Waals surface area contributed by atoms with Crippen molar-refractivity contribution in [1.29, 1.82) is 0 Å². The van der Waals surface area contributed by atoms with Crippen LogP contribution in [0.3, 0.4) is 0 Å². The van der Waals surface area contributed by atoms with Crippen LogP contribution in [0.5, 0.6) is 0 Å². The van der Waals surface area contributed by atoms with E-state index in [0.29, 0.717) is 21.7 Å². The van der Waals surface area contributed by atoms with Crippen LogP contribution in [0.4, 0.5) is 5.82 Å². The zero-order valence-corrected chi connectivity index (χ0v) is 11.7. The van der Waals surface area contributed by atoms with E-state index in [2.05, 4.69) is 10.3 Å². The average Bonchev–Trinajstić information content (AvgIpc) is 2.39. The van der Waals surface area contributed by atoms with Gasteiger partial charge in [0, 0.05) is 12.1 Å². The highest BCUT2D eigenvalue weighted by Gasteiger charge is 2.12. The molecule has 18 heavy (non-hydrogen) atoms. The molecule has 0 aliphatic heterocycles. The minimum absolute atomic E-state index is 0.0426.